The number of nitrogens with one attached hydrogen (secondary N) is 1. The minimum atomic E-state index is -0.537. The molecule has 1 unspecified atom stereocenters. The van der Waals surface area contributed by atoms with Crippen LogP contribution in [0.2, 0.25) is 0 Å². The number of amides is 1. The SMILES string of the molecule is CCCCc1cc2c(c3c1NC(=O)C3(C)C)OC(CN)C2.Cl. The fourth-order valence-electron chi connectivity index (χ4n) is 3.34. The van der Waals surface area contributed by atoms with E-state index in [9.17, 15) is 4.79 Å². The van der Waals surface area contributed by atoms with Crippen LogP contribution in [0, 0.1) is 0 Å². The summed E-state index contributed by atoms with van der Waals surface area (Å²) in [4.78, 5) is 12.3. The number of hydrogen-bond donors (Lipinski definition) is 2. The van der Waals surface area contributed by atoms with Crippen LogP contribution in [0.1, 0.15) is 50.3 Å². The van der Waals surface area contributed by atoms with Crippen LogP contribution in [0.5, 0.6) is 5.75 Å². The van der Waals surface area contributed by atoms with E-state index in [2.05, 4.69) is 18.3 Å². The highest BCUT2D eigenvalue weighted by Crippen LogP contribution is 2.49. The van der Waals surface area contributed by atoms with Crippen LogP contribution < -0.4 is 15.8 Å². The zero-order valence-corrected chi connectivity index (χ0v) is 14.3. The van der Waals surface area contributed by atoms with E-state index in [-0.39, 0.29) is 24.4 Å². The molecule has 1 atom stereocenters. The summed E-state index contributed by atoms with van der Waals surface area (Å²) in [6.45, 7) is 6.63. The third kappa shape index (κ3) is 2.48. The molecule has 3 rings (SSSR count). The van der Waals surface area contributed by atoms with Gasteiger partial charge >= 0.3 is 0 Å². The smallest absolute Gasteiger partial charge is 0.234 e. The average Bonchev–Trinajstić information content (AvgIpc) is 2.95. The van der Waals surface area contributed by atoms with Gasteiger partial charge in [-0.1, -0.05) is 13.3 Å². The molecule has 5 heteroatoms. The van der Waals surface area contributed by atoms with E-state index < -0.39 is 5.41 Å². The average molecular weight is 325 g/mol. The number of nitrogens with two attached hydrogens (primary N) is 1. The molecule has 1 aromatic rings. The van der Waals surface area contributed by atoms with Gasteiger partial charge in [-0.2, -0.15) is 0 Å². The standard InChI is InChI=1S/C17H24N2O2.ClH/c1-4-5-6-10-7-11-8-12(9-18)21-15(11)13-14(10)19-16(20)17(13,2)3;/h7,12H,4-6,8-9,18H2,1-3H3,(H,19,20);1H. The molecule has 0 aliphatic carbocycles. The number of halogens is 1. The van der Waals surface area contributed by atoms with Crippen LogP contribution in [0.4, 0.5) is 5.69 Å². The molecule has 0 fully saturated rings. The van der Waals surface area contributed by atoms with Crippen molar-refractivity contribution in [2.75, 3.05) is 11.9 Å². The minimum Gasteiger partial charge on any atom is -0.488 e. The molecule has 1 amide bonds. The van der Waals surface area contributed by atoms with E-state index in [1.165, 1.54) is 11.1 Å². The molecule has 0 saturated heterocycles. The third-order valence-electron chi connectivity index (χ3n) is 4.66. The Morgan fingerprint density at radius 1 is 1.45 bits per heavy atom. The monoisotopic (exact) mass is 324 g/mol. The van der Waals surface area contributed by atoms with Crippen LogP contribution in [-0.4, -0.2) is 18.6 Å². The molecule has 2 aliphatic rings. The van der Waals surface area contributed by atoms with Crippen molar-refractivity contribution in [3.63, 3.8) is 0 Å². The number of unbranched alkanes of at least 4 members (excludes halogenated alkanes) is 1. The highest BCUT2D eigenvalue weighted by Gasteiger charge is 2.44. The number of aryl methyl sites for hydroxylation is 1. The summed E-state index contributed by atoms with van der Waals surface area (Å²) in [5.74, 6) is 0.951. The summed E-state index contributed by atoms with van der Waals surface area (Å²) in [7, 11) is 0. The van der Waals surface area contributed by atoms with Gasteiger partial charge in [0.25, 0.3) is 0 Å². The van der Waals surface area contributed by atoms with E-state index in [1.54, 1.807) is 0 Å². The number of fused-ring (bicyclic) bond motifs is 3. The molecule has 1 aromatic carbocycles. The zero-order valence-electron chi connectivity index (χ0n) is 13.5. The molecule has 3 N–H and O–H groups in total. The Labute approximate surface area is 138 Å². The second-order valence-electron chi connectivity index (χ2n) is 6.64. The van der Waals surface area contributed by atoms with Gasteiger partial charge in [-0.25, -0.2) is 0 Å². The number of carbonyl (C=O) groups is 1. The normalized spacial score (nSPS) is 20.7. The highest BCUT2D eigenvalue weighted by atomic mass is 35.5. The Bertz CT molecular complexity index is 599. The Morgan fingerprint density at radius 3 is 2.82 bits per heavy atom. The predicted octanol–water partition coefficient (Wildman–Crippen LogP) is 2.94. The summed E-state index contributed by atoms with van der Waals surface area (Å²) in [5.41, 5.74) is 9.69. The molecule has 122 valence electrons. The van der Waals surface area contributed by atoms with Crippen LogP contribution in [0.25, 0.3) is 0 Å². The first-order chi connectivity index (χ1) is 9.98. The van der Waals surface area contributed by atoms with Crippen LogP contribution in [-0.2, 0) is 23.1 Å². The molecule has 0 bridgehead atoms. The van der Waals surface area contributed by atoms with Gasteiger partial charge in [0.15, 0.2) is 0 Å². The van der Waals surface area contributed by atoms with Crippen molar-refractivity contribution < 1.29 is 9.53 Å². The fourth-order valence-corrected chi connectivity index (χ4v) is 3.34. The predicted molar refractivity (Wildman–Crippen MR) is 91.1 cm³/mol. The van der Waals surface area contributed by atoms with Gasteiger partial charge in [0.2, 0.25) is 5.91 Å². The number of hydrogen-bond acceptors (Lipinski definition) is 3. The van der Waals surface area contributed by atoms with Crippen molar-refractivity contribution in [1.29, 1.82) is 0 Å². The number of carbonyl (C=O) groups excluding carboxylic acids is 1. The fraction of sp³-hybridized carbons (Fsp3) is 0.588. The lowest BCUT2D eigenvalue weighted by atomic mass is 9.83. The van der Waals surface area contributed by atoms with E-state index in [0.29, 0.717) is 6.54 Å². The molecular formula is C17H25ClN2O2. The lowest BCUT2D eigenvalue weighted by molar-refractivity contribution is -0.119. The van der Waals surface area contributed by atoms with Gasteiger partial charge in [-0.15, -0.1) is 12.4 Å². The molecule has 2 aliphatic heterocycles. The quantitative estimate of drug-likeness (QED) is 0.895. The van der Waals surface area contributed by atoms with Crippen molar-refractivity contribution >= 4 is 24.0 Å². The summed E-state index contributed by atoms with van der Waals surface area (Å²) < 4.78 is 6.03. The zero-order chi connectivity index (χ0) is 15.2. The Hall–Kier alpha value is -1.26. The van der Waals surface area contributed by atoms with Crippen molar-refractivity contribution in [3.05, 3.63) is 22.8 Å². The molecular weight excluding hydrogens is 300 g/mol. The van der Waals surface area contributed by atoms with Gasteiger partial charge < -0.3 is 15.8 Å². The second kappa shape index (κ2) is 6.09. The number of anilines is 1. The molecule has 0 radical (unpaired) electrons. The Balaban J connectivity index is 0.00000176. The van der Waals surface area contributed by atoms with E-state index in [1.807, 2.05) is 13.8 Å². The minimum absolute atomic E-state index is 0. The first-order valence-corrected chi connectivity index (χ1v) is 7.86. The first kappa shape index (κ1) is 17.1. The van der Waals surface area contributed by atoms with E-state index in [4.69, 9.17) is 10.5 Å². The van der Waals surface area contributed by atoms with Crippen molar-refractivity contribution in [2.24, 2.45) is 5.73 Å². The summed E-state index contributed by atoms with van der Waals surface area (Å²) in [6, 6.07) is 2.21. The van der Waals surface area contributed by atoms with Crippen molar-refractivity contribution in [3.8, 4) is 5.75 Å². The summed E-state index contributed by atoms with van der Waals surface area (Å²) in [6.07, 6.45) is 4.16. The molecule has 0 aromatic heterocycles. The summed E-state index contributed by atoms with van der Waals surface area (Å²) >= 11 is 0. The molecule has 4 nitrogen and oxygen atoms in total. The third-order valence-corrected chi connectivity index (χ3v) is 4.66. The maximum atomic E-state index is 12.3. The molecule has 0 spiro atoms. The molecule has 22 heavy (non-hydrogen) atoms. The summed E-state index contributed by atoms with van der Waals surface area (Å²) in [5, 5.41) is 3.08. The van der Waals surface area contributed by atoms with Gasteiger partial charge in [-0.05, 0) is 43.9 Å². The van der Waals surface area contributed by atoms with Gasteiger partial charge in [0.05, 0.1) is 11.1 Å². The number of benzene rings is 1. The van der Waals surface area contributed by atoms with Gasteiger partial charge in [0, 0.05) is 18.5 Å². The Morgan fingerprint density at radius 2 is 2.18 bits per heavy atom. The molecule has 2 heterocycles. The van der Waals surface area contributed by atoms with E-state index >= 15 is 0 Å². The Kier molecular flexibility index (Phi) is 4.73. The van der Waals surface area contributed by atoms with Gasteiger partial charge in [-0.3, -0.25) is 4.79 Å². The van der Waals surface area contributed by atoms with Crippen molar-refractivity contribution in [2.45, 2.75) is 58.0 Å². The lowest BCUT2D eigenvalue weighted by Crippen LogP contribution is -2.28. The van der Waals surface area contributed by atoms with Gasteiger partial charge in [0.1, 0.15) is 11.9 Å². The molecule has 0 saturated carbocycles. The lowest BCUT2D eigenvalue weighted by Gasteiger charge is -2.20. The number of rotatable bonds is 4. The maximum absolute atomic E-state index is 12.3. The first-order valence-electron chi connectivity index (χ1n) is 7.86. The topological polar surface area (TPSA) is 64.3 Å². The maximum Gasteiger partial charge on any atom is 0.234 e. The van der Waals surface area contributed by atoms with E-state index in [0.717, 1.165) is 42.7 Å². The van der Waals surface area contributed by atoms with Crippen LogP contribution >= 0.6 is 12.4 Å². The van der Waals surface area contributed by atoms with Crippen molar-refractivity contribution in [1.82, 2.24) is 0 Å². The highest BCUT2D eigenvalue weighted by molar-refractivity contribution is 6.07. The largest absolute Gasteiger partial charge is 0.488 e. The second-order valence-corrected chi connectivity index (χ2v) is 6.64. The number of ether oxygens (including phenoxy) is 1. The van der Waals surface area contributed by atoms with Crippen LogP contribution in [0.3, 0.4) is 0 Å². The van der Waals surface area contributed by atoms with Crippen LogP contribution in [0.15, 0.2) is 6.07 Å².